The van der Waals surface area contributed by atoms with Gasteiger partial charge in [-0.15, -0.1) is 11.3 Å². The van der Waals surface area contributed by atoms with Crippen molar-refractivity contribution in [3.05, 3.63) is 52.5 Å². The van der Waals surface area contributed by atoms with E-state index in [1.807, 2.05) is 57.2 Å². The van der Waals surface area contributed by atoms with Crippen LogP contribution in [0.1, 0.15) is 23.1 Å². The van der Waals surface area contributed by atoms with Gasteiger partial charge in [0, 0.05) is 37.9 Å². The summed E-state index contributed by atoms with van der Waals surface area (Å²) in [4.78, 5) is 21.5. The summed E-state index contributed by atoms with van der Waals surface area (Å²) in [6.07, 6.45) is -0.583. The molecule has 0 radical (unpaired) electrons. The molecule has 0 spiro atoms. The first-order valence-corrected chi connectivity index (χ1v) is 12.6. The van der Waals surface area contributed by atoms with Crippen LogP contribution in [0.15, 0.2) is 36.4 Å². The predicted molar refractivity (Wildman–Crippen MR) is 138 cm³/mol. The van der Waals surface area contributed by atoms with Crippen LogP contribution in [-0.4, -0.2) is 77.3 Å². The summed E-state index contributed by atoms with van der Waals surface area (Å²) in [5, 5.41) is 14.7. The molecule has 2 unspecified atom stereocenters. The SMILES string of the molecule is Cc1nc2ccc(OCC(O)CN3CCN(CC(=O)Nc4c(C)cccc4C)CC3C)cc2s1. The Kier molecular flexibility index (Phi) is 7.83. The molecule has 2 heterocycles. The molecule has 8 heteroatoms. The van der Waals surface area contributed by atoms with Crippen LogP contribution in [0.3, 0.4) is 0 Å². The number of hydrogen-bond donors (Lipinski definition) is 2. The maximum atomic E-state index is 12.6. The van der Waals surface area contributed by atoms with E-state index in [4.69, 9.17) is 4.74 Å². The molecule has 182 valence electrons. The largest absolute Gasteiger partial charge is 0.491 e. The highest BCUT2D eigenvalue weighted by Crippen LogP contribution is 2.26. The summed E-state index contributed by atoms with van der Waals surface area (Å²) < 4.78 is 6.94. The molecular weight excluding hydrogens is 448 g/mol. The summed E-state index contributed by atoms with van der Waals surface area (Å²) in [5.41, 5.74) is 4.03. The average Bonchev–Trinajstić information content (AvgIpc) is 3.16. The van der Waals surface area contributed by atoms with Crippen LogP contribution in [0, 0.1) is 20.8 Å². The number of carbonyl (C=O) groups is 1. The van der Waals surface area contributed by atoms with Gasteiger partial charge in [0.1, 0.15) is 18.5 Å². The Morgan fingerprint density at radius 3 is 2.74 bits per heavy atom. The van der Waals surface area contributed by atoms with E-state index in [-0.39, 0.29) is 18.6 Å². The van der Waals surface area contributed by atoms with Gasteiger partial charge < -0.3 is 15.2 Å². The van der Waals surface area contributed by atoms with Gasteiger partial charge in [-0.05, 0) is 57.0 Å². The number of amides is 1. The Morgan fingerprint density at radius 1 is 1.24 bits per heavy atom. The second kappa shape index (κ2) is 10.8. The van der Waals surface area contributed by atoms with Crippen molar-refractivity contribution in [2.45, 2.75) is 39.8 Å². The minimum Gasteiger partial charge on any atom is -0.491 e. The van der Waals surface area contributed by atoms with Gasteiger partial charge >= 0.3 is 0 Å². The number of aliphatic hydroxyl groups is 1. The first-order chi connectivity index (χ1) is 16.3. The number of piperazine rings is 1. The molecule has 4 rings (SSSR count). The molecule has 3 aromatic rings. The second-order valence-corrected chi connectivity index (χ2v) is 10.5. The molecule has 1 amide bonds. The first-order valence-electron chi connectivity index (χ1n) is 11.8. The number of nitrogens with zero attached hydrogens (tertiary/aromatic N) is 3. The molecule has 1 aliphatic rings. The van der Waals surface area contributed by atoms with Gasteiger partial charge in [0.05, 0.1) is 21.8 Å². The molecule has 0 bridgehead atoms. The summed E-state index contributed by atoms with van der Waals surface area (Å²) in [6, 6.07) is 12.1. The summed E-state index contributed by atoms with van der Waals surface area (Å²) in [6.45, 7) is 11.7. The minimum atomic E-state index is -0.583. The van der Waals surface area contributed by atoms with E-state index >= 15 is 0 Å². The number of carbonyl (C=O) groups excluding carboxylic acids is 1. The monoisotopic (exact) mass is 482 g/mol. The Bertz CT molecular complexity index is 1130. The molecule has 1 aliphatic heterocycles. The number of β-amino-alcohol motifs (C(OH)–C–C–N with tert-alkyl or cyclic N) is 1. The van der Waals surface area contributed by atoms with E-state index in [2.05, 4.69) is 27.0 Å². The first kappa shape index (κ1) is 24.6. The number of ether oxygens (including phenoxy) is 1. The highest BCUT2D eigenvalue weighted by molar-refractivity contribution is 7.18. The maximum absolute atomic E-state index is 12.6. The van der Waals surface area contributed by atoms with Crippen molar-refractivity contribution in [1.29, 1.82) is 0 Å². The lowest BCUT2D eigenvalue weighted by Crippen LogP contribution is -2.55. The number of benzene rings is 2. The number of aliphatic hydroxyl groups excluding tert-OH is 1. The number of fused-ring (bicyclic) bond motifs is 1. The number of aromatic nitrogens is 1. The van der Waals surface area contributed by atoms with E-state index in [9.17, 15) is 9.90 Å². The molecule has 0 aliphatic carbocycles. The fraction of sp³-hybridized carbons (Fsp3) is 0.462. The van der Waals surface area contributed by atoms with Gasteiger partial charge in [0.15, 0.2) is 0 Å². The van der Waals surface area contributed by atoms with Crippen LogP contribution in [0.2, 0.25) is 0 Å². The van der Waals surface area contributed by atoms with Crippen molar-refractivity contribution in [1.82, 2.24) is 14.8 Å². The van der Waals surface area contributed by atoms with Crippen molar-refractivity contribution in [3.8, 4) is 5.75 Å². The molecular formula is C26H34N4O3S. The molecule has 2 atom stereocenters. The van der Waals surface area contributed by atoms with E-state index in [0.717, 1.165) is 57.4 Å². The normalized spacial score (nSPS) is 18.2. The van der Waals surface area contributed by atoms with Crippen molar-refractivity contribution < 1.29 is 14.6 Å². The van der Waals surface area contributed by atoms with E-state index < -0.39 is 6.10 Å². The molecule has 7 nitrogen and oxygen atoms in total. The molecule has 1 fully saturated rings. The highest BCUT2D eigenvalue weighted by atomic mass is 32.1. The molecule has 1 aromatic heterocycles. The van der Waals surface area contributed by atoms with Crippen molar-refractivity contribution >= 4 is 33.1 Å². The van der Waals surface area contributed by atoms with E-state index in [1.165, 1.54) is 0 Å². The van der Waals surface area contributed by atoms with Gasteiger partial charge in [-0.1, -0.05) is 18.2 Å². The lowest BCUT2D eigenvalue weighted by atomic mass is 10.1. The van der Waals surface area contributed by atoms with Crippen molar-refractivity contribution in [2.24, 2.45) is 0 Å². The Balaban J connectivity index is 1.22. The van der Waals surface area contributed by atoms with Crippen LogP contribution in [0.5, 0.6) is 5.75 Å². The zero-order valence-electron chi connectivity index (χ0n) is 20.4. The molecule has 2 aromatic carbocycles. The maximum Gasteiger partial charge on any atom is 0.238 e. The third-order valence-electron chi connectivity index (χ3n) is 6.32. The topological polar surface area (TPSA) is 77.9 Å². The number of hydrogen-bond acceptors (Lipinski definition) is 7. The fourth-order valence-corrected chi connectivity index (χ4v) is 5.36. The second-order valence-electron chi connectivity index (χ2n) is 9.22. The number of para-hydroxylation sites is 1. The van der Waals surface area contributed by atoms with Crippen LogP contribution in [0.4, 0.5) is 5.69 Å². The summed E-state index contributed by atoms with van der Waals surface area (Å²) in [5.74, 6) is 0.766. The Labute approximate surface area is 205 Å². The van der Waals surface area contributed by atoms with Crippen LogP contribution in [-0.2, 0) is 4.79 Å². The molecule has 2 N–H and O–H groups in total. The third kappa shape index (κ3) is 6.13. The fourth-order valence-electron chi connectivity index (χ4n) is 4.50. The van der Waals surface area contributed by atoms with Gasteiger partial charge in [-0.2, -0.15) is 0 Å². The summed E-state index contributed by atoms with van der Waals surface area (Å²) in [7, 11) is 0. The van der Waals surface area contributed by atoms with E-state index in [0.29, 0.717) is 13.1 Å². The highest BCUT2D eigenvalue weighted by Gasteiger charge is 2.26. The molecule has 34 heavy (non-hydrogen) atoms. The van der Waals surface area contributed by atoms with Crippen molar-refractivity contribution in [2.75, 3.05) is 44.6 Å². The number of thiazole rings is 1. The van der Waals surface area contributed by atoms with Crippen LogP contribution >= 0.6 is 11.3 Å². The molecule has 0 saturated carbocycles. The van der Waals surface area contributed by atoms with Gasteiger partial charge in [0.2, 0.25) is 5.91 Å². The Hall–Kier alpha value is -2.52. The van der Waals surface area contributed by atoms with Gasteiger partial charge in [-0.25, -0.2) is 4.98 Å². The molecule has 1 saturated heterocycles. The standard InChI is InChI=1S/C26H34N4O3S/c1-17-6-5-7-18(2)26(17)28-25(32)15-29-10-11-30(19(3)13-29)14-21(31)16-33-22-8-9-23-24(12-22)34-20(4)27-23/h5-9,12,19,21,31H,10-11,13-16H2,1-4H3,(H,28,32). The van der Waals surface area contributed by atoms with E-state index in [1.54, 1.807) is 11.3 Å². The Morgan fingerprint density at radius 2 is 2.00 bits per heavy atom. The summed E-state index contributed by atoms with van der Waals surface area (Å²) >= 11 is 1.64. The zero-order valence-corrected chi connectivity index (χ0v) is 21.2. The zero-order chi connectivity index (χ0) is 24.2. The third-order valence-corrected chi connectivity index (χ3v) is 7.25. The number of aryl methyl sites for hydroxylation is 3. The average molecular weight is 483 g/mol. The van der Waals surface area contributed by atoms with Crippen LogP contribution < -0.4 is 10.1 Å². The lowest BCUT2D eigenvalue weighted by molar-refractivity contribution is -0.118. The van der Waals surface area contributed by atoms with Crippen LogP contribution in [0.25, 0.3) is 10.2 Å². The number of rotatable bonds is 8. The van der Waals surface area contributed by atoms with Gasteiger partial charge in [-0.3, -0.25) is 14.6 Å². The predicted octanol–water partition coefficient (Wildman–Crippen LogP) is 3.61. The quantitative estimate of drug-likeness (QED) is 0.511. The number of anilines is 1. The van der Waals surface area contributed by atoms with Gasteiger partial charge in [0.25, 0.3) is 0 Å². The number of nitrogens with one attached hydrogen (secondary N) is 1. The smallest absolute Gasteiger partial charge is 0.238 e. The van der Waals surface area contributed by atoms with Crippen molar-refractivity contribution in [3.63, 3.8) is 0 Å². The lowest BCUT2D eigenvalue weighted by Gasteiger charge is -2.40. The minimum absolute atomic E-state index is 0.0135.